The molecule has 0 heterocycles. The fraction of sp³-hybridized carbons (Fsp3) is 1.00. The van der Waals surface area contributed by atoms with Gasteiger partial charge in [-0.25, -0.2) is 0 Å². The average molecular weight is 158 g/mol. The fourth-order valence-corrected chi connectivity index (χ4v) is 1.88. The summed E-state index contributed by atoms with van der Waals surface area (Å²) in [4.78, 5) is 2.95. The molecular weight excluding hydrogens is 149 g/mol. The summed E-state index contributed by atoms with van der Waals surface area (Å²) in [6.07, 6.45) is 0. The van der Waals surface area contributed by atoms with Crippen LogP contribution in [-0.2, 0) is 0 Å². The molecule has 44 valence electrons. The van der Waals surface area contributed by atoms with Crippen molar-refractivity contribution in [1.82, 2.24) is 4.98 Å². The molecule has 0 aliphatic heterocycles. The standard InChI is InChI=1S/C3H9Cl2NSi/c1-7(2,5)6-3-4/h6H,3H2,1-2H3. The van der Waals surface area contributed by atoms with Gasteiger partial charge in [-0.1, -0.05) is 0 Å². The number of alkyl halides is 1. The van der Waals surface area contributed by atoms with E-state index in [0.29, 0.717) is 6.00 Å². The lowest BCUT2D eigenvalue weighted by atomic mass is 11.5. The van der Waals surface area contributed by atoms with Gasteiger partial charge < -0.3 is 4.98 Å². The smallest absolute Gasteiger partial charge is 0.221 e. The molecule has 4 heteroatoms. The summed E-state index contributed by atoms with van der Waals surface area (Å²) in [5.41, 5.74) is 0. The van der Waals surface area contributed by atoms with Gasteiger partial charge in [0.1, 0.15) is 0 Å². The highest BCUT2D eigenvalue weighted by Gasteiger charge is 2.13. The minimum atomic E-state index is -1.57. The highest BCUT2D eigenvalue weighted by Crippen LogP contribution is 2.00. The van der Waals surface area contributed by atoms with Crippen LogP contribution in [-0.4, -0.2) is 13.5 Å². The molecule has 0 saturated carbocycles. The molecule has 1 nitrogen and oxygen atoms in total. The molecule has 0 saturated heterocycles. The van der Waals surface area contributed by atoms with E-state index in [4.69, 9.17) is 22.7 Å². The lowest BCUT2D eigenvalue weighted by Crippen LogP contribution is -2.37. The molecule has 7 heavy (non-hydrogen) atoms. The molecular formula is C3H9Cl2NSi. The zero-order valence-electron chi connectivity index (χ0n) is 4.46. The van der Waals surface area contributed by atoms with Crippen LogP contribution in [0.2, 0.25) is 13.1 Å². The SMILES string of the molecule is C[Si](C)(Cl)NCCl. The van der Waals surface area contributed by atoms with E-state index < -0.39 is 7.55 Å². The van der Waals surface area contributed by atoms with E-state index in [1.807, 2.05) is 13.1 Å². The zero-order chi connectivity index (χ0) is 5.91. The topological polar surface area (TPSA) is 12.0 Å². The van der Waals surface area contributed by atoms with Crippen molar-refractivity contribution in [1.29, 1.82) is 0 Å². The van der Waals surface area contributed by atoms with Crippen molar-refractivity contribution in [3.63, 3.8) is 0 Å². The van der Waals surface area contributed by atoms with Crippen LogP contribution in [0.4, 0.5) is 0 Å². The van der Waals surface area contributed by atoms with Gasteiger partial charge in [0.25, 0.3) is 0 Å². The van der Waals surface area contributed by atoms with Gasteiger partial charge in [-0.15, -0.1) is 22.7 Å². The summed E-state index contributed by atoms with van der Waals surface area (Å²) in [6, 6.07) is 0.461. The zero-order valence-corrected chi connectivity index (χ0v) is 6.97. The van der Waals surface area contributed by atoms with Gasteiger partial charge in [-0.3, -0.25) is 0 Å². The van der Waals surface area contributed by atoms with Crippen LogP contribution in [0.1, 0.15) is 0 Å². The molecule has 0 aliphatic rings. The van der Waals surface area contributed by atoms with Gasteiger partial charge in [0.15, 0.2) is 0 Å². The highest BCUT2D eigenvalue weighted by molar-refractivity contribution is 7.17. The van der Waals surface area contributed by atoms with Crippen LogP contribution in [0.25, 0.3) is 0 Å². The summed E-state index contributed by atoms with van der Waals surface area (Å²) >= 11 is 11.1. The van der Waals surface area contributed by atoms with Gasteiger partial charge >= 0.3 is 0 Å². The molecule has 0 aliphatic carbocycles. The second kappa shape index (κ2) is 2.92. The molecule has 0 spiro atoms. The average Bonchev–Trinajstić information content (AvgIpc) is 1.30. The van der Waals surface area contributed by atoms with Crippen molar-refractivity contribution in [2.75, 3.05) is 6.00 Å². The van der Waals surface area contributed by atoms with Gasteiger partial charge in [0.05, 0.1) is 6.00 Å². The highest BCUT2D eigenvalue weighted by atomic mass is 35.6. The molecule has 0 bridgehead atoms. The molecule has 0 fully saturated rings. The Hall–Kier alpha value is 0.757. The largest absolute Gasteiger partial charge is 0.313 e. The second-order valence-corrected chi connectivity index (χ2v) is 8.18. The van der Waals surface area contributed by atoms with E-state index >= 15 is 0 Å². The first-order valence-corrected chi connectivity index (χ1v) is 6.61. The van der Waals surface area contributed by atoms with Crippen molar-refractivity contribution in [2.24, 2.45) is 0 Å². The number of hydrogen-bond acceptors (Lipinski definition) is 1. The molecule has 0 rings (SSSR count). The maximum Gasteiger partial charge on any atom is 0.221 e. The third kappa shape index (κ3) is 6.76. The van der Waals surface area contributed by atoms with Gasteiger partial charge in [0, 0.05) is 0 Å². The van der Waals surface area contributed by atoms with Crippen LogP contribution in [0.5, 0.6) is 0 Å². The Morgan fingerprint density at radius 1 is 1.57 bits per heavy atom. The summed E-state index contributed by atoms with van der Waals surface area (Å²) in [7, 11) is -1.57. The van der Waals surface area contributed by atoms with Gasteiger partial charge in [0.2, 0.25) is 7.55 Å². The molecule has 0 aromatic rings. The van der Waals surface area contributed by atoms with Gasteiger partial charge in [-0.2, -0.15) is 0 Å². The van der Waals surface area contributed by atoms with Crippen molar-refractivity contribution >= 4 is 30.2 Å². The Balaban J connectivity index is 3.15. The van der Waals surface area contributed by atoms with E-state index in [1.165, 1.54) is 0 Å². The predicted molar refractivity (Wildman–Crippen MR) is 37.2 cm³/mol. The van der Waals surface area contributed by atoms with Crippen LogP contribution >= 0.6 is 22.7 Å². The van der Waals surface area contributed by atoms with Crippen LogP contribution in [0.3, 0.4) is 0 Å². The van der Waals surface area contributed by atoms with Crippen LogP contribution in [0.15, 0.2) is 0 Å². The van der Waals surface area contributed by atoms with E-state index in [9.17, 15) is 0 Å². The molecule has 1 N–H and O–H groups in total. The summed E-state index contributed by atoms with van der Waals surface area (Å²) < 4.78 is 0. The molecule has 0 amide bonds. The van der Waals surface area contributed by atoms with Gasteiger partial charge in [-0.05, 0) is 13.1 Å². The van der Waals surface area contributed by atoms with E-state index in [2.05, 4.69) is 4.98 Å². The number of nitrogens with one attached hydrogen (secondary N) is 1. The predicted octanol–water partition coefficient (Wildman–Crippen LogP) is 1.71. The Bertz CT molecular complexity index is 51.4. The van der Waals surface area contributed by atoms with Crippen LogP contribution < -0.4 is 4.98 Å². The van der Waals surface area contributed by atoms with Crippen molar-refractivity contribution in [3.8, 4) is 0 Å². The monoisotopic (exact) mass is 157 g/mol. The second-order valence-electron chi connectivity index (χ2n) is 1.78. The molecule has 0 unspecified atom stereocenters. The maximum absolute atomic E-state index is 5.78. The molecule has 0 atom stereocenters. The minimum Gasteiger partial charge on any atom is -0.313 e. The van der Waals surface area contributed by atoms with E-state index in [1.54, 1.807) is 0 Å². The quantitative estimate of drug-likeness (QED) is 0.279. The maximum atomic E-state index is 5.78. The first kappa shape index (κ1) is 7.76. The normalized spacial score (nSPS) is 12.0. The third-order valence-corrected chi connectivity index (χ3v) is 2.26. The fourth-order valence-electron chi connectivity index (χ4n) is 0.159. The third-order valence-electron chi connectivity index (χ3n) is 0.487. The molecule has 0 aromatic heterocycles. The Labute approximate surface area is 54.8 Å². The lowest BCUT2D eigenvalue weighted by Gasteiger charge is -2.10. The first-order chi connectivity index (χ1) is 3.06. The van der Waals surface area contributed by atoms with E-state index in [-0.39, 0.29) is 0 Å². The summed E-state index contributed by atoms with van der Waals surface area (Å²) in [5, 5.41) is 0. The summed E-state index contributed by atoms with van der Waals surface area (Å²) in [5.74, 6) is 0. The minimum absolute atomic E-state index is 0.461. The Morgan fingerprint density at radius 2 is 2.00 bits per heavy atom. The number of halogens is 2. The first-order valence-electron chi connectivity index (χ1n) is 2.06. The van der Waals surface area contributed by atoms with E-state index in [0.717, 1.165) is 0 Å². The number of rotatable bonds is 2. The van der Waals surface area contributed by atoms with Crippen molar-refractivity contribution in [2.45, 2.75) is 13.1 Å². The molecule has 0 aromatic carbocycles. The molecule has 0 radical (unpaired) electrons. The summed E-state index contributed by atoms with van der Waals surface area (Å²) in [6.45, 7) is 3.97. The number of hydrogen-bond donors (Lipinski definition) is 1. The Morgan fingerprint density at radius 3 is 2.00 bits per heavy atom. The van der Waals surface area contributed by atoms with Crippen LogP contribution in [0, 0.1) is 0 Å². The van der Waals surface area contributed by atoms with Crippen molar-refractivity contribution < 1.29 is 0 Å². The lowest BCUT2D eigenvalue weighted by molar-refractivity contribution is 1.14. The Kier molecular flexibility index (Phi) is 3.24. The van der Waals surface area contributed by atoms with Crippen molar-refractivity contribution in [3.05, 3.63) is 0 Å².